The van der Waals surface area contributed by atoms with Gasteiger partial charge in [0.1, 0.15) is 5.75 Å². The van der Waals surface area contributed by atoms with E-state index in [2.05, 4.69) is 22.9 Å². The van der Waals surface area contributed by atoms with Crippen LogP contribution in [-0.2, 0) is 5.41 Å². The number of anilines is 2. The predicted octanol–water partition coefficient (Wildman–Crippen LogP) is 4.58. The Hall–Kier alpha value is -2.79. The topological polar surface area (TPSA) is 44.8 Å². The molecular weight excluding hydrogens is 362 g/mol. The van der Waals surface area contributed by atoms with E-state index in [1.54, 1.807) is 7.11 Å². The second kappa shape index (κ2) is 7.91. The van der Waals surface area contributed by atoms with Gasteiger partial charge < -0.3 is 10.1 Å². The lowest BCUT2D eigenvalue weighted by molar-refractivity contribution is 0.180. The van der Waals surface area contributed by atoms with E-state index in [0.29, 0.717) is 6.54 Å². The fourth-order valence-electron chi connectivity index (χ4n) is 4.64. The number of aryl methyl sites for hydroxylation is 1. The van der Waals surface area contributed by atoms with Crippen LogP contribution in [0.15, 0.2) is 55.1 Å². The molecule has 2 amide bonds. The Labute approximate surface area is 173 Å². The van der Waals surface area contributed by atoms with E-state index in [4.69, 9.17) is 4.74 Å². The van der Waals surface area contributed by atoms with E-state index in [1.165, 1.54) is 5.56 Å². The maximum Gasteiger partial charge on any atom is 0.326 e. The Balaban J connectivity index is 1.62. The smallest absolute Gasteiger partial charge is 0.326 e. The third kappa shape index (κ3) is 3.75. The van der Waals surface area contributed by atoms with Crippen LogP contribution in [0.3, 0.4) is 0 Å². The molecule has 152 valence electrons. The minimum atomic E-state index is -0.0765. The number of carbonyl (C=O) groups excluding carboxylic acids is 1. The Morgan fingerprint density at radius 2 is 2.03 bits per heavy atom. The molecule has 1 N–H and O–H groups in total. The molecule has 0 saturated carbocycles. The Morgan fingerprint density at radius 1 is 1.24 bits per heavy atom. The largest absolute Gasteiger partial charge is 0.497 e. The number of nitrogens with zero attached hydrogens (tertiary/aromatic N) is 2. The number of amides is 2. The summed E-state index contributed by atoms with van der Waals surface area (Å²) in [5.74, 6) is 0.845. The zero-order valence-electron chi connectivity index (χ0n) is 17.3. The van der Waals surface area contributed by atoms with E-state index < -0.39 is 0 Å². The molecule has 0 bridgehead atoms. The third-order valence-electron chi connectivity index (χ3n) is 6.24. The molecule has 0 aliphatic carbocycles. The molecule has 5 nitrogen and oxygen atoms in total. The van der Waals surface area contributed by atoms with Gasteiger partial charge in [0.25, 0.3) is 0 Å². The van der Waals surface area contributed by atoms with Crippen LogP contribution in [0.25, 0.3) is 0 Å². The molecule has 4 rings (SSSR count). The third-order valence-corrected chi connectivity index (χ3v) is 6.24. The number of hydrogen-bond acceptors (Lipinski definition) is 3. The van der Waals surface area contributed by atoms with Gasteiger partial charge >= 0.3 is 6.03 Å². The molecule has 2 aliphatic rings. The van der Waals surface area contributed by atoms with Crippen LogP contribution in [0.1, 0.15) is 24.0 Å². The molecule has 0 radical (unpaired) electrons. The quantitative estimate of drug-likeness (QED) is 0.776. The first-order valence-corrected chi connectivity index (χ1v) is 10.2. The van der Waals surface area contributed by atoms with Crippen molar-refractivity contribution in [1.29, 1.82) is 0 Å². The minimum Gasteiger partial charge on any atom is -0.497 e. The van der Waals surface area contributed by atoms with Crippen molar-refractivity contribution >= 4 is 17.4 Å². The molecule has 0 atom stereocenters. The van der Waals surface area contributed by atoms with Crippen molar-refractivity contribution in [3.63, 3.8) is 0 Å². The summed E-state index contributed by atoms with van der Waals surface area (Å²) in [7, 11) is 1.69. The first-order chi connectivity index (χ1) is 14.0. The number of ether oxygens (including phenoxy) is 1. The SMILES string of the molecule is C=CCN1CCC2(CC1)CN(C(=O)Nc1cccc(C)c1)c1ccc(OC)cc12. The molecule has 1 fully saturated rings. The van der Waals surface area contributed by atoms with Crippen molar-refractivity contribution < 1.29 is 9.53 Å². The first kappa shape index (κ1) is 19.5. The summed E-state index contributed by atoms with van der Waals surface area (Å²) in [5.41, 5.74) is 4.15. The van der Waals surface area contributed by atoms with Crippen LogP contribution in [-0.4, -0.2) is 44.2 Å². The molecule has 29 heavy (non-hydrogen) atoms. The molecule has 5 heteroatoms. The lowest BCUT2D eigenvalue weighted by Gasteiger charge is -2.39. The molecular formula is C24H29N3O2. The van der Waals surface area contributed by atoms with Gasteiger partial charge in [0, 0.05) is 29.9 Å². The second-order valence-electron chi connectivity index (χ2n) is 8.14. The van der Waals surface area contributed by atoms with Gasteiger partial charge in [-0.3, -0.25) is 9.80 Å². The summed E-state index contributed by atoms with van der Waals surface area (Å²) in [6, 6.07) is 13.9. The zero-order valence-corrected chi connectivity index (χ0v) is 17.3. The number of likely N-dealkylation sites (tertiary alicyclic amines) is 1. The summed E-state index contributed by atoms with van der Waals surface area (Å²) >= 11 is 0. The molecule has 0 aromatic heterocycles. The van der Waals surface area contributed by atoms with E-state index in [9.17, 15) is 4.79 Å². The van der Waals surface area contributed by atoms with E-state index in [0.717, 1.165) is 55.2 Å². The van der Waals surface area contributed by atoms with E-state index >= 15 is 0 Å². The van der Waals surface area contributed by atoms with Gasteiger partial charge in [0.2, 0.25) is 0 Å². The lowest BCUT2D eigenvalue weighted by atomic mass is 9.74. The van der Waals surface area contributed by atoms with Crippen LogP contribution < -0.4 is 15.0 Å². The fourth-order valence-corrected chi connectivity index (χ4v) is 4.64. The van der Waals surface area contributed by atoms with Gasteiger partial charge in [-0.15, -0.1) is 6.58 Å². The van der Waals surface area contributed by atoms with Gasteiger partial charge in [-0.1, -0.05) is 18.2 Å². The Morgan fingerprint density at radius 3 is 2.72 bits per heavy atom. The number of carbonyl (C=O) groups is 1. The van der Waals surface area contributed by atoms with Crippen molar-refractivity contribution in [2.75, 3.05) is 43.5 Å². The number of methoxy groups -OCH3 is 1. The van der Waals surface area contributed by atoms with Crippen molar-refractivity contribution in [2.24, 2.45) is 0 Å². The number of rotatable bonds is 4. The molecule has 1 spiro atoms. The zero-order chi connectivity index (χ0) is 20.4. The number of fused-ring (bicyclic) bond motifs is 2. The van der Waals surface area contributed by atoms with Gasteiger partial charge in [-0.05, 0) is 74.3 Å². The molecule has 1 saturated heterocycles. The van der Waals surface area contributed by atoms with E-state index in [1.807, 2.05) is 54.3 Å². The minimum absolute atomic E-state index is 0.0223. The molecule has 0 unspecified atom stereocenters. The predicted molar refractivity (Wildman–Crippen MR) is 118 cm³/mol. The number of urea groups is 1. The summed E-state index contributed by atoms with van der Waals surface area (Å²) in [5, 5.41) is 3.08. The number of piperidine rings is 1. The summed E-state index contributed by atoms with van der Waals surface area (Å²) in [6.45, 7) is 9.53. The maximum atomic E-state index is 13.2. The summed E-state index contributed by atoms with van der Waals surface area (Å²) in [4.78, 5) is 17.5. The standard InChI is InChI=1S/C24H29N3O2/c1-4-12-26-13-10-24(11-14-26)17-27(22-9-8-20(29-3)16-21(22)24)23(28)25-19-7-5-6-18(2)15-19/h4-9,15-16H,1,10-14,17H2,2-3H3,(H,25,28). The van der Waals surface area contributed by atoms with Gasteiger partial charge in [0.15, 0.2) is 0 Å². The van der Waals surface area contributed by atoms with Gasteiger partial charge in [0.05, 0.1) is 7.11 Å². The Kier molecular flexibility index (Phi) is 5.33. The van der Waals surface area contributed by atoms with Gasteiger partial charge in [-0.2, -0.15) is 0 Å². The fraction of sp³-hybridized carbons (Fsp3) is 0.375. The highest BCUT2D eigenvalue weighted by atomic mass is 16.5. The molecule has 2 aliphatic heterocycles. The van der Waals surface area contributed by atoms with Gasteiger partial charge in [-0.25, -0.2) is 4.79 Å². The normalized spacial score (nSPS) is 17.8. The second-order valence-corrected chi connectivity index (χ2v) is 8.14. The van der Waals surface area contributed by atoms with Crippen molar-refractivity contribution in [3.8, 4) is 5.75 Å². The average Bonchev–Trinajstić information content (AvgIpc) is 3.04. The van der Waals surface area contributed by atoms with Crippen molar-refractivity contribution in [3.05, 3.63) is 66.2 Å². The molecule has 2 aromatic rings. The summed E-state index contributed by atoms with van der Waals surface area (Å²) in [6.07, 6.45) is 4.01. The molecule has 2 aromatic carbocycles. The number of hydrogen-bond donors (Lipinski definition) is 1. The Bertz CT molecular complexity index is 916. The van der Waals surface area contributed by atoms with Crippen molar-refractivity contribution in [1.82, 2.24) is 4.90 Å². The number of nitrogens with one attached hydrogen (secondary N) is 1. The van der Waals surface area contributed by atoms with Crippen LogP contribution in [0.5, 0.6) is 5.75 Å². The van der Waals surface area contributed by atoms with Crippen molar-refractivity contribution in [2.45, 2.75) is 25.2 Å². The highest BCUT2D eigenvalue weighted by Crippen LogP contribution is 2.48. The lowest BCUT2D eigenvalue weighted by Crippen LogP contribution is -2.46. The van der Waals surface area contributed by atoms with Crippen LogP contribution >= 0.6 is 0 Å². The number of benzene rings is 2. The van der Waals surface area contributed by atoms with E-state index in [-0.39, 0.29) is 11.4 Å². The average molecular weight is 392 g/mol. The highest BCUT2D eigenvalue weighted by molar-refractivity contribution is 6.03. The van der Waals surface area contributed by atoms with Crippen LogP contribution in [0.4, 0.5) is 16.2 Å². The monoisotopic (exact) mass is 391 g/mol. The highest BCUT2D eigenvalue weighted by Gasteiger charge is 2.46. The maximum absolute atomic E-state index is 13.2. The first-order valence-electron chi connectivity index (χ1n) is 10.2. The molecule has 2 heterocycles. The van der Waals surface area contributed by atoms with Crippen LogP contribution in [0.2, 0.25) is 0 Å². The summed E-state index contributed by atoms with van der Waals surface area (Å²) < 4.78 is 5.49. The van der Waals surface area contributed by atoms with Crippen LogP contribution in [0, 0.1) is 6.92 Å².